The standard InChI is InChI=1S/C32H34N4O6.C29H24N6O4.C28H21N5O4S/c1-39-28-17-22-16-23(20-37)34-31(26(22)19-29(28)40-2)21-6-8-33-30(18-21)36-9-7-24-25(32(36)38)4-3-5-27(24)42-15-12-35-10-13-41-14-11-35;1-38-25-9-18-8-20(15-36)34-28(23(18)11-26(25)39-2)17-6-7-32-27(10-17)35-29(37)22-5-3-4-21(24(22)14-33-35)19-12-30-16-31-13-19;1-36-22-12-17-11-18(15-34)31-25(21(17)14-23(22)37-2)16-7-8-29-24(13-16)33-28(35)20-6-4-3-5-19(20)26(32-33)27-30-9-10-38-27/h3-9,17-19,23,37H,10-16,20H2,1-2H3;3-7,9-14,16,20,36H,8,15H2,1-2H3;3-14,34H,15H2,1-2H3/t23-;20-;/m00./s1. The molecule has 0 unspecified atom stereocenters. The SMILES string of the molecule is COc1cc2c(cc1OC)C(c1ccnc(-n3ccc4c(OCCN5CCOCC5)cccc4c3=O)c1)=N[C@H](CO)C2.COc1cc2c(cc1OC)C(c1ccnc(-n3ncc4c(-c5cncnc5)cccc4c3=O)c1)=N[C@H](CO)C2.COc1cc2cc(CO)nc(-c3ccnc(-n4nc(-c5nccs5)c5ccccc5c4=O)c3)c2cc1OC. The second kappa shape index (κ2) is 35.3. The third kappa shape index (κ3) is 16.0. The molecule has 0 amide bonds. The predicted molar refractivity (Wildman–Crippen MR) is 452 cm³/mol. The number of aliphatic hydroxyl groups excluding tert-OH is 3. The van der Waals surface area contributed by atoms with Crippen LogP contribution in [0, 0.1) is 0 Å². The molecule has 3 aliphatic rings. The average Bonchev–Trinajstić information content (AvgIpc) is 1.57. The van der Waals surface area contributed by atoms with Crippen LogP contribution in [0.5, 0.6) is 40.2 Å². The van der Waals surface area contributed by atoms with Crippen LogP contribution in [0.4, 0.5) is 0 Å². The predicted octanol–water partition coefficient (Wildman–Crippen LogP) is 10.5. The molecule has 15 aromatic rings. The molecule has 0 aliphatic carbocycles. The lowest BCUT2D eigenvalue weighted by Crippen LogP contribution is -2.38. The molecule has 119 heavy (non-hydrogen) atoms. The molecule has 0 bridgehead atoms. The number of aliphatic hydroxyl groups is 3. The molecule has 18 rings (SSSR count). The van der Waals surface area contributed by atoms with Crippen LogP contribution in [0.1, 0.15) is 39.1 Å². The Balaban J connectivity index is 0.000000133. The topological polar surface area (TPSA) is 344 Å². The third-order valence-electron chi connectivity index (χ3n) is 20.8. The number of fused-ring (bicyclic) bond motifs is 6. The molecule has 0 radical (unpaired) electrons. The van der Waals surface area contributed by atoms with Gasteiger partial charge < -0.3 is 53.2 Å². The number of aliphatic imine (C=N–C) groups is 2. The van der Waals surface area contributed by atoms with Gasteiger partial charge in [-0.15, -0.1) is 11.3 Å². The van der Waals surface area contributed by atoms with E-state index in [0.29, 0.717) is 138 Å². The number of nitrogens with zero attached hydrogens (tertiary/aromatic N) is 15. The van der Waals surface area contributed by atoms with Crippen LogP contribution in [0.25, 0.3) is 93.6 Å². The van der Waals surface area contributed by atoms with Crippen molar-refractivity contribution in [3.8, 4) is 90.8 Å². The summed E-state index contributed by atoms with van der Waals surface area (Å²) in [4.78, 5) is 83.5. The zero-order valence-electron chi connectivity index (χ0n) is 65.5. The molecular formula is C89H79N15O14S. The molecule has 0 spiro atoms. The lowest BCUT2D eigenvalue weighted by molar-refractivity contribution is 0.0323. The fraction of sp³-hybridized carbons (Fsp3) is 0.213. The largest absolute Gasteiger partial charge is 0.493 e. The van der Waals surface area contributed by atoms with Crippen molar-refractivity contribution in [2.24, 2.45) is 9.98 Å². The van der Waals surface area contributed by atoms with Crippen molar-refractivity contribution in [3.05, 3.63) is 277 Å². The third-order valence-corrected chi connectivity index (χ3v) is 21.6. The van der Waals surface area contributed by atoms with E-state index in [1.165, 1.54) is 31.6 Å². The maximum atomic E-state index is 13.7. The highest BCUT2D eigenvalue weighted by atomic mass is 32.1. The van der Waals surface area contributed by atoms with Crippen molar-refractivity contribution in [1.29, 1.82) is 0 Å². The van der Waals surface area contributed by atoms with E-state index in [2.05, 4.69) is 45.0 Å². The van der Waals surface area contributed by atoms with Crippen molar-refractivity contribution in [3.63, 3.8) is 0 Å². The highest BCUT2D eigenvalue weighted by Gasteiger charge is 2.29. The summed E-state index contributed by atoms with van der Waals surface area (Å²) in [6, 6.07) is 43.6. The van der Waals surface area contributed by atoms with Gasteiger partial charge in [0.25, 0.3) is 16.7 Å². The van der Waals surface area contributed by atoms with Crippen LogP contribution >= 0.6 is 11.3 Å². The van der Waals surface area contributed by atoms with E-state index in [0.717, 1.165) is 98.9 Å². The molecule has 9 aromatic heterocycles. The quantitative estimate of drug-likeness (QED) is 0.0602. The summed E-state index contributed by atoms with van der Waals surface area (Å²) in [5, 5.41) is 46.9. The van der Waals surface area contributed by atoms with Gasteiger partial charge in [0, 0.05) is 123 Å². The summed E-state index contributed by atoms with van der Waals surface area (Å²) in [6.07, 6.45) is 16.0. The molecule has 12 heterocycles. The number of morpholine rings is 1. The van der Waals surface area contributed by atoms with E-state index >= 15 is 0 Å². The Kier molecular flexibility index (Phi) is 23.4. The minimum atomic E-state index is -0.316. The minimum absolute atomic E-state index is 0.0871. The normalized spacial score (nSPS) is 14.4. The van der Waals surface area contributed by atoms with Gasteiger partial charge in [-0.25, -0.2) is 34.9 Å². The van der Waals surface area contributed by atoms with Gasteiger partial charge in [-0.05, 0) is 144 Å². The zero-order valence-corrected chi connectivity index (χ0v) is 66.3. The first kappa shape index (κ1) is 79.0. The Hall–Kier alpha value is -13.9. The van der Waals surface area contributed by atoms with Crippen LogP contribution < -0.4 is 49.8 Å². The minimum Gasteiger partial charge on any atom is -0.493 e. The van der Waals surface area contributed by atoms with Crippen LogP contribution in [0.2, 0.25) is 0 Å². The Morgan fingerprint density at radius 2 is 1.03 bits per heavy atom. The first-order valence-electron chi connectivity index (χ1n) is 38.0. The molecular weight excluding hydrogens is 1540 g/mol. The van der Waals surface area contributed by atoms with Gasteiger partial charge >= 0.3 is 0 Å². The average molecular weight is 1610 g/mol. The van der Waals surface area contributed by atoms with E-state index in [-0.39, 0.29) is 48.6 Å². The van der Waals surface area contributed by atoms with E-state index in [9.17, 15) is 29.7 Å². The Morgan fingerprint density at radius 3 is 1.66 bits per heavy atom. The number of rotatable bonds is 21. The number of thiazole rings is 1. The summed E-state index contributed by atoms with van der Waals surface area (Å²) >= 11 is 1.45. The first-order valence-corrected chi connectivity index (χ1v) is 38.9. The van der Waals surface area contributed by atoms with E-state index in [1.807, 2.05) is 109 Å². The maximum Gasteiger partial charge on any atom is 0.280 e. The number of ether oxygens (including phenoxy) is 8. The molecule has 600 valence electrons. The summed E-state index contributed by atoms with van der Waals surface area (Å²) in [7, 11) is 9.51. The highest BCUT2D eigenvalue weighted by molar-refractivity contribution is 7.13. The molecule has 1 fully saturated rings. The monoisotopic (exact) mass is 1610 g/mol. The van der Waals surface area contributed by atoms with Gasteiger partial charge in [0.05, 0.1) is 133 Å². The summed E-state index contributed by atoms with van der Waals surface area (Å²) < 4.78 is 48.7. The van der Waals surface area contributed by atoms with Crippen molar-refractivity contribution in [2.45, 2.75) is 31.5 Å². The summed E-state index contributed by atoms with van der Waals surface area (Å²) in [5.41, 5.74) is 9.82. The maximum absolute atomic E-state index is 13.7. The van der Waals surface area contributed by atoms with Gasteiger partial charge in [0.15, 0.2) is 46.1 Å². The molecule has 1 saturated heterocycles. The molecule has 0 saturated carbocycles. The second-order valence-electron chi connectivity index (χ2n) is 27.7. The number of aromatic nitrogens is 12. The Labute approximate surface area is 684 Å². The van der Waals surface area contributed by atoms with E-state index in [1.54, 1.807) is 135 Å². The molecule has 29 nitrogen and oxygen atoms in total. The lowest BCUT2D eigenvalue weighted by Gasteiger charge is -2.26. The van der Waals surface area contributed by atoms with Gasteiger partial charge in [0.2, 0.25) is 0 Å². The van der Waals surface area contributed by atoms with E-state index in [4.69, 9.17) is 52.9 Å². The number of benzene rings is 6. The Morgan fingerprint density at radius 1 is 0.479 bits per heavy atom. The van der Waals surface area contributed by atoms with Gasteiger partial charge in [-0.3, -0.25) is 33.8 Å². The Bertz CT molecular complexity index is 6580. The van der Waals surface area contributed by atoms with Crippen molar-refractivity contribution in [2.75, 3.05) is 95.3 Å². The molecule has 30 heteroatoms. The molecule has 3 N–H and O–H groups in total. The number of hydrogen-bond acceptors (Lipinski definition) is 27. The first-order chi connectivity index (χ1) is 58.3. The number of methoxy groups -OCH3 is 6. The number of hydrogen-bond donors (Lipinski definition) is 3. The van der Waals surface area contributed by atoms with Crippen molar-refractivity contribution >= 4 is 65.8 Å². The lowest BCUT2D eigenvalue weighted by atomic mass is 9.90. The summed E-state index contributed by atoms with van der Waals surface area (Å²) in [5.74, 6) is 5.35. The van der Waals surface area contributed by atoms with Crippen LogP contribution in [0.15, 0.2) is 231 Å². The molecule has 6 aromatic carbocycles. The van der Waals surface area contributed by atoms with Crippen LogP contribution in [0.3, 0.4) is 0 Å². The van der Waals surface area contributed by atoms with Gasteiger partial charge in [-0.2, -0.15) is 19.6 Å². The fourth-order valence-electron chi connectivity index (χ4n) is 14.9. The fourth-order valence-corrected chi connectivity index (χ4v) is 15.6. The molecule has 3 aliphatic heterocycles. The van der Waals surface area contributed by atoms with Crippen molar-refractivity contribution in [1.82, 2.24) is 63.9 Å². The van der Waals surface area contributed by atoms with Gasteiger partial charge in [0.1, 0.15) is 35.2 Å². The second-order valence-corrected chi connectivity index (χ2v) is 28.6. The highest BCUT2D eigenvalue weighted by Crippen LogP contribution is 2.40. The van der Waals surface area contributed by atoms with Crippen molar-refractivity contribution < 1.29 is 53.2 Å². The van der Waals surface area contributed by atoms with Crippen LogP contribution in [-0.4, -0.2) is 198 Å². The van der Waals surface area contributed by atoms with Crippen LogP contribution in [-0.2, 0) is 24.2 Å². The summed E-state index contributed by atoms with van der Waals surface area (Å²) in [6.45, 7) is 4.19. The zero-order chi connectivity index (χ0) is 82.2. The van der Waals surface area contributed by atoms with Gasteiger partial charge in [-0.1, -0.05) is 36.4 Å². The van der Waals surface area contributed by atoms with E-state index < -0.39 is 0 Å². The number of pyridine rings is 5. The molecule has 2 atom stereocenters. The smallest absolute Gasteiger partial charge is 0.280 e.